The molecule has 0 amide bonds. The van der Waals surface area contributed by atoms with E-state index in [1.165, 1.54) is 19.3 Å². The van der Waals surface area contributed by atoms with Gasteiger partial charge in [0.25, 0.3) is 0 Å². The lowest BCUT2D eigenvalue weighted by Gasteiger charge is -2.33. The van der Waals surface area contributed by atoms with Crippen LogP contribution in [0.4, 0.5) is 5.69 Å². The summed E-state index contributed by atoms with van der Waals surface area (Å²) in [5.41, 5.74) is 6.84. The first kappa shape index (κ1) is 14.5. The lowest BCUT2D eigenvalue weighted by atomic mass is 9.98. The van der Waals surface area contributed by atoms with Gasteiger partial charge in [-0.05, 0) is 48.8 Å². The molecule has 1 heterocycles. The number of fused-ring (bicyclic) bond motifs is 2. The van der Waals surface area contributed by atoms with Gasteiger partial charge in [0.05, 0.1) is 21.8 Å². The summed E-state index contributed by atoms with van der Waals surface area (Å²) in [5, 5.41) is 11.2. The molecule has 1 saturated carbocycles. The highest BCUT2D eigenvalue weighted by Gasteiger charge is 2.33. The van der Waals surface area contributed by atoms with Crippen molar-refractivity contribution in [3.63, 3.8) is 0 Å². The number of benzene rings is 1. The Labute approximate surface area is 129 Å². The lowest BCUT2D eigenvalue weighted by molar-refractivity contribution is 0.0811. The van der Waals surface area contributed by atoms with Crippen molar-refractivity contribution in [3.8, 4) is 0 Å². The average Bonchev–Trinajstić information content (AvgIpc) is 2.74. The summed E-state index contributed by atoms with van der Waals surface area (Å²) in [4.78, 5) is 2.37. The zero-order valence-corrected chi connectivity index (χ0v) is 12.9. The quantitative estimate of drug-likeness (QED) is 0.841. The topological polar surface area (TPSA) is 49.5 Å². The molecule has 1 saturated heterocycles. The highest BCUT2D eigenvalue weighted by atomic mass is 35.5. The predicted octanol–water partition coefficient (Wildman–Crippen LogP) is 3.34. The molecule has 5 heteroatoms. The standard InChI is InChI=1S/C15H20Cl2N2O/c16-12-4-11(5-13(17)15(12)18)14(20)8-19-6-9-1-2-10(3-9)7-19/h4-5,9-10,14,20H,1-3,6-8,18H2. The van der Waals surface area contributed by atoms with Crippen LogP contribution in [0.15, 0.2) is 12.1 Å². The monoisotopic (exact) mass is 314 g/mol. The summed E-state index contributed by atoms with van der Waals surface area (Å²) in [7, 11) is 0. The fraction of sp³-hybridized carbons (Fsp3) is 0.600. The normalized spacial score (nSPS) is 27.8. The molecule has 2 fully saturated rings. The Morgan fingerprint density at radius 2 is 1.75 bits per heavy atom. The van der Waals surface area contributed by atoms with E-state index in [0.717, 1.165) is 30.5 Å². The van der Waals surface area contributed by atoms with Crippen molar-refractivity contribution in [2.24, 2.45) is 11.8 Å². The Bertz CT molecular complexity index is 474. The molecule has 110 valence electrons. The fourth-order valence-corrected chi connectivity index (χ4v) is 4.11. The van der Waals surface area contributed by atoms with Gasteiger partial charge in [0, 0.05) is 19.6 Å². The number of hydrogen-bond donors (Lipinski definition) is 2. The van der Waals surface area contributed by atoms with Crippen LogP contribution in [-0.2, 0) is 0 Å². The minimum absolute atomic E-state index is 0.375. The molecular weight excluding hydrogens is 295 g/mol. The fourth-order valence-electron chi connectivity index (χ4n) is 3.61. The maximum absolute atomic E-state index is 10.4. The predicted molar refractivity (Wildman–Crippen MR) is 83.1 cm³/mol. The average molecular weight is 315 g/mol. The number of aliphatic hydroxyl groups excluding tert-OH is 1. The third-order valence-corrected chi connectivity index (χ3v) is 5.23. The summed E-state index contributed by atoms with van der Waals surface area (Å²) in [6, 6.07) is 3.43. The number of hydrogen-bond acceptors (Lipinski definition) is 3. The molecule has 3 rings (SSSR count). The molecule has 1 aromatic carbocycles. The van der Waals surface area contributed by atoms with E-state index in [1.54, 1.807) is 12.1 Å². The number of piperidine rings is 1. The van der Waals surface area contributed by atoms with Gasteiger partial charge in [0.2, 0.25) is 0 Å². The zero-order chi connectivity index (χ0) is 14.3. The number of anilines is 1. The van der Waals surface area contributed by atoms with Crippen LogP contribution < -0.4 is 5.73 Å². The van der Waals surface area contributed by atoms with Gasteiger partial charge in [0.15, 0.2) is 0 Å². The van der Waals surface area contributed by atoms with Crippen LogP contribution in [0.25, 0.3) is 0 Å². The molecule has 0 aromatic heterocycles. The number of β-amino-alcohol motifs (C(OH)–C–C–N with tert-alkyl or cyclic N) is 1. The molecule has 0 spiro atoms. The highest BCUT2D eigenvalue weighted by Crippen LogP contribution is 2.37. The second-order valence-corrected chi connectivity index (χ2v) is 6.99. The van der Waals surface area contributed by atoms with Gasteiger partial charge in [0.1, 0.15) is 0 Å². The summed E-state index contributed by atoms with van der Waals surface area (Å²) < 4.78 is 0. The largest absolute Gasteiger partial charge is 0.396 e. The minimum Gasteiger partial charge on any atom is -0.396 e. The van der Waals surface area contributed by atoms with Crippen LogP contribution in [0.5, 0.6) is 0 Å². The smallest absolute Gasteiger partial charge is 0.0917 e. The Morgan fingerprint density at radius 3 is 2.30 bits per heavy atom. The number of nitrogens with zero attached hydrogens (tertiary/aromatic N) is 1. The molecule has 2 bridgehead atoms. The maximum Gasteiger partial charge on any atom is 0.0917 e. The van der Waals surface area contributed by atoms with Crippen molar-refractivity contribution >= 4 is 28.9 Å². The first-order valence-electron chi connectivity index (χ1n) is 7.17. The van der Waals surface area contributed by atoms with Crippen molar-refractivity contribution in [2.45, 2.75) is 25.4 Å². The van der Waals surface area contributed by atoms with E-state index in [4.69, 9.17) is 28.9 Å². The molecular formula is C15H20Cl2N2O. The van der Waals surface area contributed by atoms with Crippen molar-refractivity contribution in [1.82, 2.24) is 4.90 Å². The van der Waals surface area contributed by atoms with Crippen LogP contribution in [-0.4, -0.2) is 29.6 Å². The molecule has 3 N–H and O–H groups in total. The Balaban J connectivity index is 1.68. The second kappa shape index (κ2) is 5.72. The molecule has 1 aromatic rings. The maximum atomic E-state index is 10.4. The van der Waals surface area contributed by atoms with E-state index in [2.05, 4.69) is 4.90 Å². The molecule has 1 aliphatic carbocycles. The Hall–Kier alpha value is -0.480. The molecule has 20 heavy (non-hydrogen) atoms. The van der Waals surface area contributed by atoms with Gasteiger partial charge < -0.3 is 10.8 Å². The van der Waals surface area contributed by atoms with E-state index in [9.17, 15) is 5.11 Å². The van der Waals surface area contributed by atoms with Crippen LogP contribution in [0.1, 0.15) is 30.9 Å². The SMILES string of the molecule is Nc1c(Cl)cc(C(O)CN2CC3CCC(C3)C2)cc1Cl. The number of nitrogen functional groups attached to an aromatic ring is 1. The van der Waals surface area contributed by atoms with Crippen LogP contribution in [0, 0.1) is 11.8 Å². The molecule has 2 aliphatic rings. The van der Waals surface area contributed by atoms with E-state index in [-0.39, 0.29) is 0 Å². The van der Waals surface area contributed by atoms with Crippen LogP contribution in [0.2, 0.25) is 10.0 Å². The molecule has 3 unspecified atom stereocenters. The third kappa shape index (κ3) is 2.91. The van der Waals surface area contributed by atoms with Crippen molar-refractivity contribution in [2.75, 3.05) is 25.4 Å². The summed E-state index contributed by atoms with van der Waals surface area (Å²) >= 11 is 12.1. The molecule has 3 atom stereocenters. The van der Waals surface area contributed by atoms with Crippen molar-refractivity contribution in [1.29, 1.82) is 0 Å². The minimum atomic E-state index is -0.567. The first-order chi connectivity index (χ1) is 9.52. The van der Waals surface area contributed by atoms with E-state index in [1.807, 2.05) is 0 Å². The number of aliphatic hydroxyl groups is 1. The van der Waals surface area contributed by atoms with Gasteiger partial charge in [-0.3, -0.25) is 4.90 Å². The molecule has 0 radical (unpaired) electrons. The first-order valence-corrected chi connectivity index (χ1v) is 7.93. The van der Waals surface area contributed by atoms with Crippen molar-refractivity contribution < 1.29 is 5.11 Å². The van der Waals surface area contributed by atoms with Crippen LogP contribution in [0.3, 0.4) is 0 Å². The summed E-state index contributed by atoms with van der Waals surface area (Å²) in [6.45, 7) is 2.84. The molecule has 3 nitrogen and oxygen atoms in total. The number of rotatable bonds is 3. The summed E-state index contributed by atoms with van der Waals surface area (Å²) in [5.74, 6) is 1.64. The highest BCUT2D eigenvalue weighted by molar-refractivity contribution is 6.38. The van der Waals surface area contributed by atoms with E-state index in [0.29, 0.717) is 22.3 Å². The molecule has 1 aliphatic heterocycles. The Morgan fingerprint density at radius 1 is 1.20 bits per heavy atom. The van der Waals surface area contributed by atoms with Gasteiger partial charge in [-0.2, -0.15) is 0 Å². The van der Waals surface area contributed by atoms with Gasteiger partial charge >= 0.3 is 0 Å². The number of halogens is 2. The zero-order valence-electron chi connectivity index (χ0n) is 11.4. The van der Waals surface area contributed by atoms with Crippen molar-refractivity contribution in [3.05, 3.63) is 27.7 Å². The third-order valence-electron chi connectivity index (χ3n) is 4.60. The van der Waals surface area contributed by atoms with Gasteiger partial charge in [-0.25, -0.2) is 0 Å². The van der Waals surface area contributed by atoms with E-state index < -0.39 is 6.10 Å². The second-order valence-electron chi connectivity index (χ2n) is 6.18. The van der Waals surface area contributed by atoms with Gasteiger partial charge in [-0.1, -0.05) is 23.2 Å². The van der Waals surface area contributed by atoms with Gasteiger partial charge in [-0.15, -0.1) is 0 Å². The Kier molecular flexibility index (Phi) is 4.14. The van der Waals surface area contributed by atoms with Crippen LogP contribution >= 0.6 is 23.2 Å². The number of nitrogens with two attached hydrogens (primary N) is 1. The summed E-state index contributed by atoms with van der Waals surface area (Å²) in [6.07, 6.45) is 3.49. The van der Waals surface area contributed by atoms with E-state index >= 15 is 0 Å². The number of likely N-dealkylation sites (tertiary alicyclic amines) is 1. The lowest BCUT2D eigenvalue weighted by Crippen LogP contribution is -2.38.